The summed E-state index contributed by atoms with van der Waals surface area (Å²) in [6.07, 6.45) is 5.18. The molecule has 5 nitrogen and oxygen atoms in total. The zero-order valence-corrected chi connectivity index (χ0v) is 9.55. The lowest BCUT2D eigenvalue weighted by molar-refractivity contribution is 0.119. The number of nitrogens with one attached hydrogen (secondary N) is 2. The first-order valence-corrected chi connectivity index (χ1v) is 5.95. The minimum atomic E-state index is -0.256. The third-order valence-electron chi connectivity index (χ3n) is 2.20. The van der Waals surface area contributed by atoms with E-state index in [1.54, 1.807) is 12.4 Å². The average molecular weight is 239 g/mol. The van der Waals surface area contributed by atoms with E-state index in [4.69, 9.17) is 4.74 Å². The Balaban J connectivity index is 1.78. The van der Waals surface area contributed by atoms with Crippen LogP contribution in [0.25, 0.3) is 0 Å². The molecule has 86 valence electrons. The summed E-state index contributed by atoms with van der Waals surface area (Å²) in [6, 6.07) is -0.256. The van der Waals surface area contributed by atoms with Crippen molar-refractivity contribution in [3.63, 3.8) is 0 Å². The Hall–Kier alpha value is -1.40. The molecule has 0 atom stereocenters. The molecule has 2 amide bonds. The predicted octanol–water partition coefficient (Wildman–Crippen LogP) is 1.96. The summed E-state index contributed by atoms with van der Waals surface area (Å²) in [4.78, 5) is 15.4. The largest absolute Gasteiger partial charge is 0.381 e. The first kappa shape index (κ1) is 11.1. The number of nitrogens with zero attached hydrogens (tertiary/aromatic N) is 1. The van der Waals surface area contributed by atoms with Crippen molar-refractivity contribution >= 4 is 22.5 Å². The molecule has 1 aliphatic heterocycles. The van der Waals surface area contributed by atoms with E-state index in [9.17, 15) is 4.79 Å². The molecule has 0 spiro atoms. The van der Waals surface area contributed by atoms with Gasteiger partial charge in [-0.1, -0.05) is 0 Å². The second kappa shape index (κ2) is 5.62. The second-order valence-corrected chi connectivity index (χ2v) is 4.25. The number of thiazole rings is 1. The third-order valence-corrected chi connectivity index (χ3v) is 2.88. The van der Waals surface area contributed by atoms with E-state index >= 15 is 0 Å². The molecule has 1 saturated heterocycles. The van der Waals surface area contributed by atoms with Gasteiger partial charge in [0.05, 0.1) is 13.2 Å². The van der Waals surface area contributed by atoms with E-state index in [1.807, 2.05) is 5.38 Å². The maximum Gasteiger partial charge on any atom is 0.325 e. The van der Waals surface area contributed by atoms with Gasteiger partial charge >= 0.3 is 6.03 Å². The zero-order valence-electron chi connectivity index (χ0n) is 8.73. The van der Waals surface area contributed by atoms with Crippen LogP contribution in [-0.2, 0) is 4.74 Å². The lowest BCUT2D eigenvalue weighted by atomic mass is 10.1. The Labute approximate surface area is 97.5 Å². The topological polar surface area (TPSA) is 63.2 Å². The number of rotatable bonds is 2. The number of carbonyl (C=O) groups excluding carboxylic acids is 1. The van der Waals surface area contributed by atoms with Gasteiger partial charge in [-0.2, -0.15) is 0 Å². The van der Waals surface area contributed by atoms with E-state index in [0.29, 0.717) is 5.13 Å². The molecule has 6 heteroatoms. The van der Waals surface area contributed by atoms with Crippen molar-refractivity contribution in [2.75, 3.05) is 18.5 Å². The number of urea groups is 1. The Morgan fingerprint density at radius 1 is 1.50 bits per heavy atom. The Kier molecular flexibility index (Phi) is 3.90. The highest BCUT2D eigenvalue weighted by atomic mass is 32.1. The number of aromatic nitrogens is 1. The van der Waals surface area contributed by atoms with Gasteiger partial charge in [0.15, 0.2) is 5.13 Å². The van der Waals surface area contributed by atoms with E-state index in [2.05, 4.69) is 15.6 Å². The van der Waals surface area contributed by atoms with Crippen LogP contribution in [0.5, 0.6) is 0 Å². The van der Waals surface area contributed by atoms with Crippen LogP contribution in [0.1, 0.15) is 12.8 Å². The van der Waals surface area contributed by atoms with Crippen LogP contribution in [0.3, 0.4) is 0 Å². The van der Waals surface area contributed by atoms with Crippen molar-refractivity contribution < 1.29 is 9.53 Å². The number of carbonyl (C=O) groups is 1. The SMILES string of the molecule is O=C(NC=C1CCOCC1)Nc1nccs1. The summed E-state index contributed by atoms with van der Waals surface area (Å²) < 4.78 is 5.21. The highest BCUT2D eigenvalue weighted by Crippen LogP contribution is 2.12. The number of ether oxygens (including phenoxy) is 1. The smallest absolute Gasteiger partial charge is 0.325 e. The molecule has 2 rings (SSSR count). The molecule has 0 aliphatic carbocycles. The molecular weight excluding hydrogens is 226 g/mol. The van der Waals surface area contributed by atoms with Crippen LogP contribution >= 0.6 is 11.3 Å². The van der Waals surface area contributed by atoms with Crippen LogP contribution in [0, 0.1) is 0 Å². The van der Waals surface area contributed by atoms with Crippen molar-refractivity contribution in [1.29, 1.82) is 0 Å². The molecular formula is C10H13N3O2S. The fraction of sp³-hybridized carbons (Fsp3) is 0.400. The normalized spacial score (nSPS) is 15.6. The van der Waals surface area contributed by atoms with Crippen LogP contribution < -0.4 is 10.6 Å². The minimum Gasteiger partial charge on any atom is -0.381 e. The fourth-order valence-electron chi connectivity index (χ4n) is 1.36. The fourth-order valence-corrected chi connectivity index (χ4v) is 1.89. The third kappa shape index (κ3) is 3.32. The monoisotopic (exact) mass is 239 g/mol. The van der Waals surface area contributed by atoms with Gasteiger partial charge in [0, 0.05) is 17.8 Å². The number of hydrogen-bond donors (Lipinski definition) is 2. The highest BCUT2D eigenvalue weighted by molar-refractivity contribution is 7.13. The number of anilines is 1. The molecule has 0 radical (unpaired) electrons. The number of amides is 2. The molecule has 1 aromatic rings. The quantitative estimate of drug-likeness (QED) is 0.829. The molecule has 1 fully saturated rings. The van der Waals surface area contributed by atoms with Crippen molar-refractivity contribution in [3.05, 3.63) is 23.3 Å². The molecule has 2 heterocycles. The van der Waals surface area contributed by atoms with E-state index in [-0.39, 0.29) is 6.03 Å². The van der Waals surface area contributed by atoms with Crippen molar-refractivity contribution in [1.82, 2.24) is 10.3 Å². The first-order valence-electron chi connectivity index (χ1n) is 5.07. The highest BCUT2D eigenvalue weighted by Gasteiger charge is 2.06. The average Bonchev–Trinajstić information content (AvgIpc) is 2.81. The van der Waals surface area contributed by atoms with Crippen molar-refractivity contribution in [2.45, 2.75) is 12.8 Å². The molecule has 0 saturated carbocycles. The van der Waals surface area contributed by atoms with Gasteiger partial charge < -0.3 is 10.1 Å². The van der Waals surface area contributed by atoms with Crippen LogP contribution in [0.15, 0.2) is 23.3 Å². The van der Waals surface area contributed by atoms with Gasteiger partial charge in [0.2, 0.25) is 0 Å². The summed E-state index contributed by atoms with van der Waals surface area (Å²) in [5.41, 5.74) is 1.21. The summed E-state index contributed by atoms with van der Waals surface area (Å²) in [6.45, 7) is 1.48. The molecule has 0 aromatic carbocycles. The first-order chi connectivity index (χ1) is 7.84. The Morgan fingerprint density at radius 2 is 2.31 bits per heavy atom. The maximum atomic E-state index is 11.4. The van der Waals surface area contributed by atoms with Crippen molar-refractivity contribution in [3.8, 4) is 0 Å². The number of hydrogen-bond acceptors (Lipinski definition) is 4. The molecule has 0 bridgehead atoms. The summed E-state index contributed by atoms with van der Waals surface area (Å²) >= 11 is 1.39. The molecule has 2 N–H and O–H groups in total. The standard InChI is InChI=1S/C10H13N3O2S/c14-9(13-10-11-3-6-16-10)12-7-8-1-4-15-5-2-8/h3,6-7H,1-2,4-5H2,(H2,11,12,13,14). The summed E-state index contributed by atoms with van der Waals surface area (Å²) in [5.74, 6) is 0. The molecule has 1 aromatic heterocycles. The van der Waals surface area contributed by atoms with Gasteiger partial charge in [-0.25, -0.2) is 9.78 Å². The van der Waals surface area contributed by atoms with Gasteiger partial charge in [0.1, 0.15) is 0 Å². The van der Waals surface area contributed by atoms with Gasteiger partial charge in [0.25, 0.3) is 0 Å². The molecule has 16 heavy (non-hydrogen) atoms. The second-order valence-electron chi connectivity index (χ2n) is 3.35. The molecule has 0 unspecified atom stereocenters. The van der Waals surface area contributed by atoms with E-state index in [1.165, 1.54) is 16.9 Å². The summed E-state index contributed by atoms with van der Waals surface area (Å²) in [7, 11) is 0. The maximum absolute atomic E-state index is 11.4. The van der Waals surface area contributed by atoms with E-state index in [0.717, 1.165) is 26.1 Å². The Morgan fingerprint density at radius 3 is 3.00 bits per heavy atom. The van der Waals surface area contributed by atoms with Crippen molar-refractivity contribution in [2.24, 2.45) is 0 Å². The molecule has 1 aliphatic rings. The van der Waals surface area contributed by atoms with Crippen LogP contribution in [-0.4, -0.2) is 24.2 Å². The lowest BCUT2D eigenvalue weighted by Crippen LogP contribution is -2.25. The summed E-state index contributed by atoms with van der Waals surface area (Å²) in [5, 5.41) is 7.74. The minimum absolute atomic E-state index is 0.256. The van der Waals surface area contributed by atoms with Gasteiger partial charge in [-0.3, -0.25) is 5.32 Å². The zero-order chi connectivity index (χ0) is 11.2. The van der Waals surface area contributed by atoms with Crippen LogP contribution in [0.2, 0.25) is 0 Å². The van der Waals surface area contributed by atoms with E-state index < -0.39 is 0 Å². The van der Waals surface area contributed by atoms with Gasteiger partial charge in [-0.05, 0) is 18.4 Å². The predicted molar refractivity (Wildman–Crippen MR) is 62.4 cm³/mol. The Bertz CT molecular complexity index is 367. The van der Waals surface area contributed by atoms with Gasteiger partial charge in [-0.15, -0.1) is 11.3 Å². The lowest BCUT2D eigenvalue weighted by Gasteiger charge is -2.14. The van der Waals surface area contributed by atoms with Crippen LogP contribution in [0.4, 0.5) is 9.93 Å².